The van der Waals surface area contributed by atoms with Crippen LogP contribution in [-0.2, 0) is 34.8 Å². The fraction of sp³-hybridized carbons (Fsp3) is 0.458. The first kappa shape index (κ1) is 25.6. The molecule has 0 atom stereocenters. The molecular weight excluding hydrogens is 454 g/mol. The molecule has 0 saturated carbocycles. The number of sulfonamides is 1. The predicted octanol–water partition coefficient (Wildman–Crippen LogP) is 2.92. The number of benzene rings is 1. The molecule has 3 rings (SSSR count). The van der Waals surface area contributed by atoms with Crippen LogP contribution in [0.3, 0.4) is 0 Å². The van der Waals surface area contributed by atoms with Gasteiger partial charge in [0.15, 0.2) is 5.65 Å². The highest BCUT2D eigenvalue weighted by molar-refractivity contribution is 7.89. The summed E-state index contributed by atoms with van der Waals surface area (Å²) in [5, 5.41) is 8.06. The van der Waals surface area contributed by atoms with E-state index < -0.39 is 15.6 Å². The lowest BCUT2D eigenvalue weighted by molar-refractivity contribution is -0.121. The average Bonchev–Trinajstić information content (AvgIpc) is 3.06. The first-order chi connectivity index (χ1) is 15.8. The highest BCUT2D eigenvalue weighted by atomic mass is 32.2. The summed E-state index contributed by atoms with van der Waals surface area (Å²) in [7, 11) is -0.327. The molecule has 2 aromatic heterocycles. The first-order valence-electron chi connectivity index (χ1n) is 11.1. The maximum Gasteiger partial charge on any atom is 0.242 e. The Kier molecular flexibility index (Phi) is 7.32. The SMILES string of the molecule is COc1nn(C)c2nc(C)c(CCC(=O)NCc3ccccc3S(=O)(=O)NC(C)(C)C)c(C)c12. The Morgan fingerprint density at radius 1 is 1.18 bits per heavy atom. The molecule has 0 bridgehead atoms. The molecule has 0 unspecified atom stereocenters. The summed E-state index contributed by atoms with van der Waals surface area (Å²) in [6, 6.07) is 6.68. The van der Waals surface area contributed by atoms with E-state index in [0.717, 1.165) is 27.9 Å². The molecule has 0 aliphatic carbocycles. The summed E-state index contributed by atoms with van der Waals surface area (Å²) < 4.78 is 35.4. The molecule has 2 N–H and O–H groups in total. The molecule has 0 aliphatic rings. The third-order valence-corrected chi connectivity index (χ3v) is 7.36. The minimum absolute atomic E-state index is 0.117. The molecule has 0 radical (unpaired) electrons. The van der Waals surface area contributed by atoms with Gasteiger partial charge in [0.05, 0.1) is 17.4 Å². The van der Waals surface area contributed by atoms with E-state index in [2.05, 4.69) is 20.1 Å². The molecule has 1 amide bonds. The van der Waals surface area contributed by atoms with E-state index in [9.17, 15) is 13.2 Å². The fourth-order valence-corrected chi connectivity index (χ4v) is 5.66. The summed E-state index contributed by atoms with van der Waals surface area (Å²) in [4.78, 5) is 17.5. The third-order valence-electron chi connectivity index (χ3n) is 5.50. The number of nitrogens with zero attached hydrogens (tertiary/aromatic N) is 3. The number of rotatable bonds is 8. The van der Waals surface area contributed by atoms with Crippen LogP contribution in [0.2, 0.25) is 0 Å². The highest BCUT2D eigenvalue weighted by Crippen LogP contribution is 2.30. The van der Waals surface area contributed by atoms with Gasteiger partial charge >= 0.3 is 0 Å². The van der Waals surface area contributed by atoms with Gasteiger partial charge in [0.2, 0.25) is 21.8 Å². The van der Waals surface area contributed by atoms with Crippen molar-refractivity contribution < 1.29 is 17.9 Å². The van der Waals surface area contributed by atoms with Crippen LogP contribution >= 0.6 is 0 Å². The lowest BCUT2D eigenvalue weighted by Gasteiger charge is -2.21. The van der Waals surface area contributed by atoms with Crippen molar-refractivity contribution in [1.29, 1.82) is 0 Å². The van der Waals surface area contributed by atoms with Gasteiger partial charge in [0, 0.05) is 31.2 Å². The van der Waals surface area contributed by atoms with Crippen LogP contribution in [0, 0.1) is 13.8 Å². The Bertz CT molecular complexity index is 1320. The van der Waals surface area contributed by atoms with Crippen LogP contribution in [-0.4, -0.2) is 41.7 Å². The fourth-order valence-electron chi connectivity index (χ4n) is 4.00. The van der Waals surface area contributed by atoms with Crippen LogP contribution in [0.25, 0.3) is 11.0 Å². The molecule has 34 heavy (non-hydrogen) atoms. The number of ether oxygens (including phenoxy) is 1. The van der Waals surface area contributed by atoms with Crippen molar-refractivity contribution >= 4 is 27.0 Å². The van der Waals surface area contributed by atoms with Crippen molar-refractivity contribution in [1.82, 2.24) is 24.8 Å². The number of amides is 1. The molecular formula is C24H33N5O4S. The molecule has 10 heteroatoms. The molecule has 0 spiro atoms. The van der Waals surface area contributed by atoms with Crippen LogP contribution in [0.1, 0.15) is 49.6 Å². The quantitative estimate of drug-likeness (QED) is 0.505. The van der Waals surface area contributed by atoms with Crippen LogP contribution in [0.4, 0.5) is 0 Å². The zero-order valence-corrected chi connectivity index (χ0v) is 21.6. The van der Waals surface area contributed by atoms with Gasteiger partial charge in [-0.05, 0) is 63.8 Å². The van der Waals surface area contributed by atoms with Crippen LogP contribution in [0.5, 0.6) is 5.88 Å². The van der Waals surface area contributed by atoms with Crippen molar-refractivity contribution in [3.05, 3.63) is 46.6 Å². The number of carbonyl (C=O) groups excluding carboxylic acids is 1. The van der Waals surface area contributed by atoms with Gasteiger partial charge < -0.3 is 10.1 Å². The summed E-state index contributed by atoms with van der Waals surface area (Å²) >= 11 is 0. The standard InChI is InChI=1S/C24H33N5O4S/c1-15-18(16(2)26-22-21(15)23(33-7)27-29(22)6)12-13-20(30)25-14-17-10-8-9-11-19(17)34(31,32)28-24(3,4)5/h8-11,28H,12-14H2,1-7H3,(H,25,30). The smallest absolute Gasteiger partial charge is 0.242 e. The second-order valence-electron chi connectivity index (χ2n) is 9.37. The number of pyridine rings is 1. The van der Waals surface area contributed by atoms with Gasteiger partial charge in [-0.2, -0.15) is 0 Å². The topological polar surface area (TPSA) is 115 Å². The number of fused-ring (bicyclic) bond motifs is 1. The first-order valence-corrected chi connectivity index (χ1v) is 12.6. The predicted molar refractivity (Wildman–Crippen MR) is 131 cm³/mol. The zero-order chi connectivity index (χ0) is 25.3. The van der Waals surface area contributed by atoms with E-state index in [1.54, 1.807) is 56.8 Å². The van der Waals surface area contributed by atoms with E-state index in [1.165, 1.54) is 0 Å². The summed E-state index contributed by atoms with van der Waals surface area (Å²) in [5.74, 6) is 0.336. The average molecular weight is 488 g/mol. The van der Waals surface area contributed by atoms with Gasteiger partial charge in [0.25, 0.3) is 0 Å². The van der Waals surface area contributed by atoms with E-state index in [1.807, 2.05) is 20.9 Å². The normalized spacial score (nSPS) is 12.2. The van der Waals surface area contributed by atoms with Gasteiger partial charge in [-0.1, -0.05) is 18.2 Å². The lowest BCUT2D eigenvalue weighted by atomic mass is 10.00. The number of aromatic nitrogens is 3. The summed E-state index contributed by atoms with van der Waals surface area (Å²) in [5.41, 5.74) is 3.46. The maximum atomic E-state index is 12.8. The minimum Gasteiger partial charge on any atom is -0.479 e. The molecule has 2 heterocycles. The van der Waals surface area contributed by atoms with Gasteiger partial charge in [0.1, 0.15) is 0 Å². The number of methoxy groups -OCH3 is 1. The number of hydrogen-bond donors (Lipinski definition) is 2. The van der Waals surface area contributed by atoms with Crippen molar-refractivity contribution in [3.8, 4) is 5.88 Å². The van der Waals surface area contributed by atoms with E-state index in [0.29, 0.717) is 17.9 Å². The molecule has 0 aliphatic heterocycles. The summed E-state index contributed by atoms with van der Waals surface area (Å²) in [6.45, 7) is 9.37. The number of carbonyl (C=O) groups is 1. The van der Waals surface area contributed by atoms with E-state index in [-0.39, 0.29) is 23.8 Å². The van der Waals surface area contributed by atoms with Crippen LogP contribution in [0.15, 0.2) is 29.2 Å². The molecule has 3 aromatic rings. The maximum absolute atomic E-state index is 12.8. The molecule has 184 valence electrons. The number of nitrogens with one attached hydrogen (secondary N) is 2. The summed E-state index contributed by atoms with van der Waals surface area (Å²) in [6.07, 6.45) is 0.739. The Labute approximate surface area is 201 Å². The van der Waals surface area contributed by atoms with Crippen molar-refractivity contribution in [3.63, 3.8) is 0 Å². The second kappa shape index (κ2) is 9.71. The van der Waals surface area contributed by atoms with E-state index >= 15 is 0 Å². The van der Waals surface area contributed by atoms with Gasteiger partial charge in [-0.25, -0.2) is 22.8 Å². The van der Waals surface area contributed by atoms with Crippen molar-refractivity contribution in [2.45, 2.75) is 64.4 Å². The number of hydrogen-bond acceptors (Lipinski definition) is 6. The molecule has 0 fully saturated rings. The third kappa shape index (κ3) is 5.56. The highest BCUT2D eigenvalue weighted by Gasteiger charge is 2.24. The second-order valence-corrected chi connectivity index (χ2v) is 11.0. The molecule has 0 saturated heterocycles. The Balaban J connectivity index is 1.73. The van der Waals surface area contributed by atoms with Crippen LogP contribution < -0.4 is 14.8 Å². The zero-order valence-electron chi connectivity index (χ0n) is 20.8. The van der Waals surface area contributed by atoms with Gasteiger partial charge in [-0.15, -0.1) is 5.10 Å². The minimum atomic E-state index is -3.72. The van der Waals surface area contributed by atoms with Crippen molar-refractivity contribution in [2.24, 2.45) is 7.05 Å². The molecule has 9 nitrogen and oxygen atoms in total. The Morgan fingerprint density at radius 3 is 2.50 bits per heavy atom. The largest absolute Gasteiger partial charge is 0.479 e. The Morgan fingerprint density at radius 2 is 1.85 bits per heavy atom. The Hall–Kier alpha value is -2.98. The van der Waals surface area contributed by atoms with Gasteiger partial charge in [-0.3, -0.25) is 4.79 Å². The monoisotopic (exact) mass is 487 g/mol. The molecule has 1 aromatic carbocycles. The van der Waals surface area contributed by atoms with E-state index in [4.69, 9.17) is 4.74 Å². The van der Waals surface area contributed by atoms with Crippen molar-refractivity contribution in [2.75, 3.05) is 7.11 Å². The number of aryl methyl sites for hydroxylation is 3. The lowest BCUT2D eigenvalue weighted by Crippen LogP contribution is -2.41.